The first-order valence-electron chi connectivity index (χ1n) is 22.8. The summed E-state index contributed by atoms with van der Waals surface area (Å²) >= 11 is 0. The maximum absolute atomic E-state index is 12.1. The lowest BCUT2D eigenvalue weighted by Crippen LogP contribution is -2.60. The summed E-state index contributed by atoms with van der Waals surface area (Å²) in [4.78, 5) is 10.9. The summed E-state index contributed by atoms with van der Waals surface area (Å²) < 4.78 is 53.9. The Kier molecular flexibility index (Phi) is 11.4. The Labute approximate surface area is 349 Å². The molecule has 59 heavy (non-hydrogen) atoms. The number of hydrogen-bond donors (Lipinski definition) is 4. The molecular formula is C46H69NO12. The Bertz CT molecular complexity index is 1660. The highest BCUT2D eigenvalue weighted by Crippen LogP contribution is 2.55. The molecule has 13 heteroatoms. The van der Waals surface area contributed by atoms with E-state index in [2.05, 4.69) is 52.6 Å². The van der Waals surface area contributed by atoms with Crippen LogP contribution in [-0.2, 0) is 42.7 Å². The Hall–Kier alpha value is -1.75. The SMILES string of the molecule is C=C(C[C@@]12C[C@H](C)C[C@H](O1)[C@@H]1O[C@@]3(C[C@@H]1O2)NC[C@@H](C)C[C@H]3C)[C@H]1O[C@@](O)([C@@H](O)[C@H]2C[C@@H]3O[C@@]4(CC[C@]5(C=CC[C@@H](/C=C/CCC(=O)O)O5)O4)[C@@H](C)C[C@@H]3O2)CC[C@@H]1C. The average molecular weight is 828 g/mol. The van der Waals surface area contributed by atoms with E-state index < -0.39 is 53.2 Å². The van der Waals surface area contributed by atoms with Crippen LogP contribution in [0.5, 0.6) is 0 Å². The third-order valence-corrected chi connectivity index (χ3v) is 15.5. The predicted molar refractivity (Wildman–Crippen MR) is 214 cm³/mol. The first-order chi connectivity index (χ1) is 28.0. The fraction of sp³-hybridized carbons (Fsp3) is 0.848. The minimum Gasteiger partial charge on any atom is -0.481 e. The molecule has 9 heterocycles. The van der Waals surface area contributed by atoms with Crippen LogP contribution in [-0.4, -0.2) is 112 Å². The number of nitrogens with one attached hydrogen (secondary N) is 1. The molecule has 330 valence electrons. The van der Waals surface area contributed by atoms with Gasteiger partial charge >= 0.3 is 5.97 Å². The number of carboxylic acid groups (broad SMARTS) is 1. The van der Waals surface area contributed by atoms with Crippen molar-refractivity contribution in [2.24, 2.45) is 29.6 Å². The second-order valence-corrected chi connectivity index (χ2v) is 20.4. The third kappa shape index (κ3) is 7.96. The topological polar surface area (TPSA) is 164 Å². The molecule has 9 aliphatic rings. The van der Waals surface area contributed by atoms with Crippen LogP contribution in [0.3, 0.4) is 0 Å². The quantitative estimate of drug-likeness (QED) is 0.200. The number of aliphatic carboxylic acids is 1. The molecule has 2 bridgehead atoms. The molecule has 9 aliphatic heterocycles. The van der Waals surface area contributed by atoms with Crippen LogP contribution < -0.4 is 5.32 Å². The maximum Gasteiger partial charge on any atom is 0.303 e. The second-order valence-electron chi connectivity index (χ2n) is 20.4. The summed E-state index contributed by atoms with van der Waals surface area (Å²) in [7, 11) is 0. The Morgan fingerprint density at radius 2 is 1.71 bits per heavy atom. The van der Waals surface area contributed by atoms with E-state index in [-0.39, 0.29) is 61.3 Å². The second kappa shape index (κ2) is 15.8. The summed E-state index contributed by atoms with van der Waals surface area (Å²) in [5.41, 5.74) is 0.396. The average Bonchev–Trinajstić information content (AvgIpc) is 3.86. The normalized spacial score (nSPS) is 52.3. The molecule has 3 spiro atoms. The number of carboxylic acids is 1. The van der Waals surface area contributed by atoms with Gasteiger partial charge in [-0.05, 0) is 73.8 Å². The summed E-state index contributed by atoms with van der Waals surface area (Å²) in [6, 6.07) is 0. The molecule has 0 amide bonds. The number of aliphatic hydroxyl groups is 2. The molecule has 0 radical (unpaired) electrons. The Morgan fingerprint density at radius 3 is 2.51 bits per heavy atom. The number of allylic oxidation sites excluding steroid dienone is 1. The van der Waals surface area contributed by atoms with Crippen molar-refractivity contribution in [2.45, 2.75) is 208 Å². The van der Waals surface area contributed by atoms with Crippen molar-refractivity contribution in [3.8, 4) is 0 Å². The molecule has 4 N–H and O–H groups in total. The van der Waals surface area contributed by atoms with E-state index in [1.165, 1.54) is 0 Å². The summed E-state index contributed by atoms with van der Waals surface area (Å²) in [5.74, 6) is -3.94. The maximum atomic E-state index is 12.1. The summed E-state index contributed by atoms with van der Waals surface area (Å²) in [6.07, 6.45) is 12.6. The molecule has 0 aliphatic carbocycles. The van der Waals surface area contributed by atoms with Crippen LogP contribution in [0.1, 0.15) is 125 Å². The van der Waals surface area contributed by atoms with Crippen LogP contribution in [0.2, 0.25) is 0 Å². The van der Waals surface area contributed by atoms with E-state index in [1.54, 1.807) is 0 Å². The lowest BCUT2D eigenvalue weighted by atomic mass is 9.79. The van der Waals surface area contributed by atoms with E-state index in [1.807, 2.05) is 18.2 Å². The highest BCUT2D eigenvalue weighted by molar-refractivity contribution is 5.66. The molecule has 19 atom stereocenters. The van der Waals surface area contributed by atoms with E-state index in [0.29, 0.717) is 69.1 Å². The molecule has 13 nitrogen and oxygen atoms in total. The molecule has 0 unspecified atom stereocenters. The Balaban J connectivity index is 0.832. The van der Waals surface area contributed by atoms with Gasteiger partial charge in [0.15, 0.2) is 23.1 Å². The lowest BCUT2D eigenvalue weighted by Gasteiger charge is -2.52. The van der Waals surface area contributed by atoms with E-state index in [9.17, 15) is 15.0 Å². The number of piperidine rings is 1. The number of ether oxygens (including phenoxy) is 8. The zero-order valence-electron chi connectivity index (χ0n) is 35.7. The fourth-order valence-electron chi connectivity index (χ4n) is 12.4. The molecule has 0 aromatic rings. The minimum atomic E-state index is -1.84. The highest BCUT2D eigenvalue weighted by atomic mass is 16.8. The molecular weight excluding hydrogens is 759 g/mol. The van der Waals surface area contributed by atoms with E-state index in [4.69, 9.17) is 43.0 Å². The summed E-state index contributed by atoms with van der Waals surface area (Å²) in [5, 5.41) is 36.8. The van der Waals surface area contributed by atoms with Gasteiger partial charge in [0, 0.05) is 63.8 Å². The molecule has 0 aromatic heterocycles. The van der Waals surface area contributed by atoms with Crippen LogP contribution >= 0.6 is 0 Å². The Morgan fingerprint density at radius 1 is 0.898 bits per heavy atom. The van der Waals surface area contributed by atoms with Crippen molar-refractivity contribution in [3.63, 3.8) is 0 Å². The third-order valence-electron chi connectivity index (χ3n) is 15.5. The van der Waals surface area contributed by atoms with Crippen LogP contribution in [0.4, 0.5) is 0 Å². The lowest BCUT2D eigenvalue weighted by molar-refractivity contribution is -0.366. The molecule has 0 saturated carbocycles. The van der Waals surface area contributed by atoms with Crippen LogP contribution in [0, 0.1) is 29.6 Å². The van der Waals surface area contributed by atoms with E-state index in [0.717, 1.165) is 37.8 Å². The van der Waals surface area contributed by atoms with Gasteiger partial charge in [0.25, 0.3) is 0 Å². The fourth-order valence-corrected chi connectivity index (χ4v) is 12.4. The molecule has 8 saturated heterocycles. The van der Waals surface area contributed by atoms with Crippen molar-refractivity contribution < 1.29 is 58.0 Å². The van der Waals surface area contributed by atoms with Gasteiger partial charge in [-0.15, -0.1) is 0 Å². The van der Waals surface area contributed by atoms with Gasteiger partial charge in [-0.25, -0.2) is 0 Å². The molecule has 8 fully saturated rings. The predicted octanol–water partition coefficient (Wildman–Crippen LogP) is 6.01. The monoisotopic (exact) mass is 827 g/mol. The minimum absolute atomic E-state index is 0.0154. The first-order valence-corrected chi connectivity index (χ1v) is 22.8. The number of rotatable bonds is 9. The van der Waals surface area contributed by atoms with Gasteiger partial charge in [0.2, 0.25) is 0 Å². The zero-order valence-corrected chi connectivity index (χ0v) is 35.7. The molecule has 9 rings (SSSR count). The molecule has 0 aromatic carbocycles. The summed E-state index contributed by atoms with van der Waals surface area (Å²) in [6.45, 7) is 16.5. The smallest absolute Gasteiger partial charge is 0.303 e. The van der Waals surface area contributed by atoms with Gasteiger partial charge in [-0.1, -0.05) is 59.4 Å². The largest absolute Gasteiger partial charge is 0.481 e. The van der Waals surface area contributed by atoms with E-state index >= 15 is 0 Å². The number of aliphatic hydroxyl groups excluding tert-OH is 1. The number of fused-ring (bicyclic) bond motifs is 5. The number of hydrogen-bond acceptors (Lipinski definition) is 12. The van der Waals surface area contributed by atoms with Gasteiger partial charge in [0.05, 0.1) is 42.7 Å². The van der Waals surface area contributed by atoms with Gasteiger partial charge < -0.3 is 53.2 Å². The van der Waals surface area contributed by atoms with Crippen molar-refractivity contribution in [1.82, 2.24) is 5.32 Å². The van der Waals surface area contributed by atoms with Crippen molar-refractivity contribution in [1.29, 1.82) is 0 Å². The van der Waals surface area contributed by atoms with Crippen LogP contribution in [0.25, 0.3) is 0 Å². The van der Waals surface area contributed by atoms with Gasteiger partial charge in [-0.3, -0.25) is 10.1 Å². The highest BCUT2D eigenvalue weighted by Gasteiger charge is 2.63. The van der Waals surface area contributed by atoms with Gasteiger partial charge in [-0.2, -0.15) is 0 Å². The standard InChI is InChI=1S/C46H69NO12/c1-26-19-35-40-37(24-44(57-40)30(5)18-27(2)25-47-44)55-43(22-26,54-35)23-29(4)39-28(3)13-15-45(51,58-39)41(50)36-21-34-33(52-36)20-31(6)46(56-34)17-16-42(59-46)14-9-11-32(53-42)10-7-8-12-38(48)49/h7,9-10,14,26-28,30-37,39-41,47,50-51H,4,8,11-13,15-25H2,1-3,5-6H3,(H,48,49)/b10-7+/t26-,27+,28+,30-,31+,32-,33+,34+,35+,36-,37+,39+,40+,41+,42+,43+,44-,45-,46-/m1/s1. The zero-order chi connectivity index (χ0) is 41.5. The van der Waals surface area contributed by atoms with Crippen molar-refractivity contribution in [2.75, 3.05) is 6.54 Å². The number of carbonyl (C=O) groups is 1. The first kappa shape index (κ1) is 42.5. The van der Waals surface area contributed by atoms with Crippen molar-refractivity contribution >= 4 is 5.97 Å². The van der Waals surface area contributed by atoms with Gasteiger partial charge in [0.1, 0.15) is 17.9 Å². The van der Waals surface area contributed by atoms with Crippen LogP contribution in [0.15, 0.2) is 36.5 Å². The van der Waals surface area contributed by atoms with Crippen molar-refractivity contribution in [3.05, 3.63) is 36.5 Å².